The van der Waals surface area contributed by atoms with Gasteiger partial charge in [-0.3, -0.25) is 13.8 Å². The second-order valence-corrected chi connectivity index (χ2v) is 19.7. The van der Waals surface area contributed by atoms with Gasteiger partial charge in [-0.15, -0.1) is 0 Å². The number of carbonyl (C=O) groups is 1. The lowest BCUT2D eigenvalue weighted by Gasteiger charge is -2.24. The van der Waals surface area contributed by atoms with Crippen LogP contribution < -0.4 is 11.1 Å². The van der Waals surface area contributed by atoms with Crippen molar-refractivity contribution in [2.45, 2.75) is 276 Å². The number of carbonyl (C=O) groups excluding carboxylic acids is 1. The number of phosphoric ester groups is 1. The van der Waals surface area contributed by atoms with Gasteiger partial charge in [0.2, 0.25) is 5.91 Å². The summed E-state index contributed by atoms with van der Waals surface area (Å²) in [5, 5.41) is 24.2. The fourth-order valence-electron chi connectivity index (χ4n) is 7.97. The van der Waals surface area contributed by atoms with Crippen LogP contribution in [0.3, 0.4) is 0 Å². The van der Waals surface area contributed by atoms with E-state index in [-0.39, 0.29) is 19.6 Å². The number of rotatable bonds is 50. The van der Waals surface area contributed by atoms with Gasteiger partial charge < -0.3 is 26.2 Å². The summed E-state index contributed by atoms with van der Waals surface area (Å²) in [5.74, 6) is -0.455. The molecule has 0 bridgehead atoms. The average Bonchev–Trinajstić information content (AvgIpc) is 3.26. The van der Waals surface area contributed by atoms with E-state index >= 15 is 0 Å². The molecule has 9 nitrogen and oxygen atoms in total. The van der Waals surface area contributed by atoms with Crippen LogP contribution in [0.1, 0.15) is 258 Å². The number of phosphoric acid groups is 1. The Bertz CT molecular complexity index is 1100. The van der Waals surface area contributed by atoms with Crippen LogP contribution in [0.15, 0.2) is 36.5 Å². The first kappa shape index (κ1) is 61.7. The molecule has 1 amide bonds. The normalized spacial score (nSPS) is 14.6. The molecule has 372 valence electrons. The van der Waals surface area contributed by atoms with Crippen molar-refractivity contribution in [3.8, 4) is 0 Å². The highest BCUT2D eigenvalue weighted by Gasteiger charge is 2.27. The van der Waals surface area contributed by atoms with Crippen LogP contribution in [-0.2, 0) is 18.4 Å². The van der Waals surface area contributed by atoms with Crippen molar-refractivity contribution in [1.82, 2.24) is 5.32 Å². The van der Waals surface area contributed by atoms with Gasteiger partial charge in [0.1, 0.15) is 0 Å². The van der Waals surface area contributed by atoms with E-state index in [2.05, 4.69) is 43.5 Å². The van der Waals surface area contributed by atoms with Gasteiger partial charge in [0.05, 0.1) is 37.9 Å². The summed E-state index contributed by atoms with van der Waals surface area (Å²) in [6.07, 6.45) is 56.8. The first-order chi connectivity index (χ1) is 30.8. The van der Waals surface area contributed by atoms with Crippen LogP contribution in [0.25, 0.3) is 0 Å². The summed E-state index contributed by atoms with van der Waals surface area (Å²) in [6.45, 7) is 3.98. The number of nitrogens with one attached hydrogen (secondary N) is 1. The maximum Gasteiger partial charge on any atom is 0.472 e. The van der Waals surface area contributed by atoms with E-state index in [0.29, 0.717) is 12.8 Å². The molecule has 10 heteroatoms. The minimum absolute atomic E-state index is 0.0431. The molecule has 0 radical (unpaired) electrons. The zero-order valence-corrected chi connectivity index (χ0v) is 42.1. The van der Waals surface area contributed by atoms with Crippen LogP contribution in [0.2, 0.25) is 0 Å². The van der Waals surface area contributed by atoms with E-state index < -0.39 is 38.6 Å². The minimum Gasteiger partial charge on any atom is -0.393 e. The summed E-state index contributed by atoms with van der Waals surface area (Å²) in [6, 6.07) is -1.00. The SMILES string of the molecule is CCCCCCCCCCCC/C=C/CC/C=C/CC/C=C/C(O)C(COP(=O)(O)OCCN)NC(=O)CC(O)CCCCCCCCCCCCCCCCCCCCCCC. The Kier molecular flexibility index (Phi) is 47.6. The molecule has 0 fully saturated rings. The number of aliphatic hydroxyl groups excluding tert-OH is 2. The molecule has 0 aliphatic rings. The summed E-state index contributed by atoms with van der Waals surface area (Å²) in [7, 11) is -4.42. The molecule has 0 spiro atoms. The van der Waals surface area contributed by atoms with Gasteiger partial charge in [0.25, 0.3) is 0 Å². The maximum absolute atomic E-state index is 12.9. The van der Waals surface area contributed by atoms with E-state index in [1.165, 1.54) is 180 Å². The molecule has 4 unspecified atom stereocenters. The summed E-state index contributed by atoms with van der Waals surface area (Å²) in [5.41, 5.74) is 5.38. The van der Waals surface area contributed by atoms with Gasteiger partial charge in [-0.25, -0.2) is 4.57 Å². The maximum atomic E-state index is 12.9. The topological polar surface area (TPSA) is 151 Å². The average molecular weight is 911 g/mol. The van der Waals surface area contributed by atoms with Gasteiger partial charge >= 0.3 is 7.82 Å². The number of unbranched alkanes of at least 4 members (excludes halogenated alkanes) is 32. The summed E-state index contributed by atoms with van der Waals surface area (Å²) in [4.78, 5) is 22.9. The van der Waals surface area contributed by atoms with Gasteiger partial charge in [-0.05, 0) is 44.9 Å². The molecule has 0 aromatic heterocycles. The second kappa shape index (κ2) is 48.6. The molecule has 0 heterocycles. The quantitative estimate of drug-likeness (QED) is 0.0230. The van der Waals surface area contributed by atoms with Crippen LogP contribution in [0.5, 0.6) is 0 Å². The Morgan fingerprint density at radius 3 is 1.32 bits per heavy atom. The van der Waals surface area contributed by atoms with Crippen LogP contribution in [0, 0.1) is 0 Å². The summed E-state index contributed by atoms with van der Waals surface area (Å²) < 4.78 is 22.2. The minimum atomic E-state index is -4.42. The molecule has 4 atom stereocenters. The number of aliphatic hydroxyl groups is 2. The van der Waals surface area contributed by atoms with Crippen molar-refractivity contribution in [2.24, 2.45) is 5.73 Å². The van der Waals surface area contributed by atoms with Crippen molar-refractivity contribution < 1.29 is 33.5 Å². The van der Waals surface area contributed by atoms with Crippen molar-refractivity contribution in [2.75, 3.05) is 19.8 Å². The predicted octanol–water partition coefficient (Wildman–Crippen LogP) is 14.8. The monoisotopic (exact) mass is 911 g/mol. The first-order valence-electron chi connectivity index (χ1n) is 26.7. The van der Waals surface area contributed by atoms with Crippen molar-refractivity contribution in [3.05, 3.63) is 36.5 Å². The lowest BCUT2D eigenvalue weighted by molar-refractivity contribution is -0.124. The van der Waals surface area contributed by atoms with Crippen LogP contribution in [0.4, 0.5) is 0 Å². The largest absolute Gasteiger partial charge is 0.472 e. The molecular weight excluding hydrogens is 808 g/mol. The molecule has 0 aliphatic carbocycles. The standard InChI is InChI=1S/C53H103N2O7P/c1-3-5-7-9-11-13-15-17-19-21-23-25-26-28-30-32-34-36-38-40-42-44-50(56)48-53(58)55-51(49-62-63(59,60)61-47-46-54)52(57)45-43-41-39-37-35-33-31-29-27-24-22-20-18-16-14-12-10-8-6-4-2/h27,29,35,37,43,45,50-52,56-57H,3-26,28,30-34,36,38-42,44,46-49,54H2,1-2H3,(H,55,58)(H,59,60)/b29-27+,37-35+,45-43+. The van der Waals surface area contributed by atoms with Crippen molar-refractivity contribution in [3.63, 3.8) is 0 Å². The molecule has 63 heavy (non-hydrogen) atoms. The molecule has 0 aromatic carbocycles. The van der Waals surface area contributed by atoms with Crippen LogP contribution in [-0.4, -0.2) is 59.0 Å². The Morgan fingerprint density at radius 1 is 0.540 bits per heavy atom. The number of hydrogen-bond donors (Lipinski definition) is 5. The first-order valence-corrected chi connectivity index (χ1v) is 28.2. The lowest BCUT2D eigenvalue weighted by Crippen LogP contribution is -2.46. The molecule has 0 saturated carbocycles. The second-order valence-electron chi connectivity index (χ2n) is 18.3. The van der Waals surface area contributed by atoms with Gasteiger partial charge in [-0.1, -0.05) is 243 Å². The van der Waals surface area contributed by atoms with Gasteiger partial charge in [0, 0.05) is 6.54 Å². The van der Waals surface area contributed by atoms with Gasteiger partial charge in [0.15, 0.2) is 0 Å². The van der Waals surface area contributed by atoms with E-state index in [4.69, 9.17) is 14.8 Å². The fourth-order valence-corrected chi connectivity index (χ4v) is 8.73. The number of allylic oxidation sites excluding steroid dienone is 5. The Labute approximate surface area is 389 Å². The molecule has 6 N–H and O–H groups in total. The van der Waals surface area contributed by atoms with Crippen molar-refractivity contribution >= 4 is 13.7 Å². The number of hydrogen-bond acceptors (Lipinski definition) is 7. The lowest BCUT2D eigenvalue weighted by atomic mass is 10.0. The van der Waals surface area contributed by atoms with E-state index in [9.17, 15) is 24.5 Å². The van der Waals surface area contributed by atoms with Crippen LogP contribution >= 0.6 is 7.82 Å². The van der Waals surface area contributed by atoms with E-state index in [1.54, 1.807) is 6.08 Å². The smallest absolute Gasteiger partial charge is 0.393 e. The highest BCUT2D eigenvalue weighted by atomic mass is 31.2. The third kappa shape index (κ3) is 47.0. The Morgan fingerprint density at radius 2 is 0.905 bits per heavy atom. The summed E-state index contributed by atoms with van der Waals surface area (Å²) >= 11 is 0. The highest BCUT2D eigenvalue weighted by molar-refractivity contribution is 7.47. The molecule has 0 rings (SSSR count). The number of amides is 1. The molecule has 0 aromatic rings. The van der Waals surface area contributed by atoms with E-state index in [0.717, 1.165) is 44.9 Å². The van der Waals surface area contributed by atoms with E-state index in [1.807, 2.05) is 6.08 Å². The highest BCUT2D eigenvalue weighted by Crippen LogP contribution is 2.43. The van der Waals surface area contributed by atoms with Crippen molar-refractivity contribution in [1.29, 1.82) is 0 Å². The number of nitrogens with two attached hydrogens (primary N) is 1. The Hall–Kier alpha value is -1.32. The zero-order valence-electron chi connectivity index (χ0n) is 41.2. The third-order valence-electron chi connectivity index (χ3n) is 12.0. The fraction of sp³-hybridized carbons (Fsp3) is 0.868. The zero-order chi connectivity index (χ0) is 46.2. The third-order valence-corrected chi connectivity index (χ3v) is 13.0. The molecule has 0 saturated heterocycles. The molecule has 0 aliphatic heterocycles. The molecular formula is C53H103N2O7P. The Balaban J connectivity index is 4.21. The predicted molar refractivity (Wildman–Crippen MR) is 269 cm³/mol. The van der Waals surface area contributed by atoms with Gasteiger partial charge in [-0.2, -0.15) is 0 Å².